The van der Waals surface area contributed by atoms with E-state index in [1.54, 1.807) is 13.0 Å². The van der Waals surface area contributed by atoms with Crippen molar-refractivity contribution in [2.24, 2.45) is 0 Å². The van der Waals surface area contributed by atoms with Crippen molar-refractivity contribution < 1.29 is 19.1 Å². The van der Waals surface area contributed by atoms with Crippen LogP contribution in [-0.4, -0.2) is 34.0 Å². The van der Waals surface area contributed by atoms with Crippen molar-refractivity contribution in [3.05, 3.63) is 35.1 Å². The molecule has 4 nitrogen and oxygen atoms in total. The van der Waals surface area contributed by atoms with E-state index in [4.69, 9.17) is 0 Å². The molecule has 0 saturated carbocycles. The van der Waals surface area contributed by atoms with Crippen molar-refractivity contribution in [1.29, 1.82) is 0 Å². The van der Waals surface area contributed by atoms with E-state index in [0.717, 1.165) is 5.56 Å². The lowest BCUT2D eigenvalue weighted by atomic mass is 9.90. The summed E-state index contributed by atoms with van der Waals surface area (Å²) in [5, 5.41) is 9.60. The Kier molecular flexibility index (Phi) is 4.30. The van der Waals surface area contributed by atoms with Crippen LogP contribution in [0.1, 0.15) is 48.5 Å². The van der Waals surface area contributed by atoms with Crippen LogP contribution in [0.15, 0.2) is 18.2 Å². The molecule has 1 atom stereocenters. The summed E-state index contributed by atoms with van der Waals surface area (Å²) in [5.74, 6) is -2.12. The molecular weight excluding hydrogens is 273 g/mol. The number of carbonyl (C=O) groups is 2. The molecule has 1 fully saturated rings. The molecule has 0 aliphatic carbocycles. The van der Waals surface area contributed by atoms with E-state index in [2.05, 4.69) is 0 Å². The van der Waals surface area contributed by atoms with Gasteiger partial charge in [-0.25, -0.2) is 9.18 Å². The quantitative estimate of drug-likeness (QED) is 0.928. The number of aryl methyl sites for hydroxylation is 1. The predicted molar refractivity (Wildman–Crippen MR) is 76.7 cm³/mol. The zero-order valence-electron chi connectivity index (χ0n) is 12.4. The van der Waals surface area contributed by atoms with Crippen LogP contribution >= 0.6 is 0 Å². The van der Waals surface area contributed by atoms with Crippen molar-refractivity contribution in [2.45, 2.75) is 45.1 Å². The number of hydrogen-bond donors (Lipinski definition) is 1. The Bertz CT molecular complexity index is 573. The van der Waals surface area contributed by atoms with Gasteiger partial charge in [0, 0.05) is 6.54 Å². The topological polar surface area (TPSA) is 57.6 Å². The third kappa shape index (κ3) is 2.64. The monoisotopic (exact) mass is 293 g/mol. The molecule has 1 aromatic rings. The first-order valence-electron chi connectivity index (χ1n) is 7.24. The second-order valence-electron chi connectivity index (χ2n) is 5.63. The molecule has 1 aliphatic heterocycles. The number of amides is 1. The predicted octanol–water partition coefficient (Wildman–Crippen LogP) is 2.99. The summed E-state index contributed by atoms with van der Waals surface area (Å²) in [6.45, 7) is 4.02. The summed E-state index contributed by atoms with van der Waals surface area (Å²) in [4.78, 5) is 25.7. The van der Waals surface area contributed by atoms with Crippen molar-refractivity contribution >= 4 is 11.9 Å². The smallest absolute Gasteiger partial charge is 0.329 e. The fraction of sp³-hybridized carbons (Fsp3) is 0.500. The van der Waals surface area contributed by atoms with Gasteiger partial charge in [-0.3, -0.25) is 4.79 Å². The van der Waals surface area contributed by atoms with Gasteiger partial charge < -0.3 is 10.0 Å². The lowest BCUT2D eigenvalue weighted by Gasteiger charge is -2.34. The Morgan fingerprint density at radius 3 is 2.76 bits per heavy atom. The Morgan fingerprint density at radius 2 is 2.14 bits per heavy atom. The van der Waals surface area contributed by atoms with E-state index in [1.807, 2.05) is 6.92 Å². The summed E-state index contributed by atoms with van der Waals surface area (Å²) in [5.41, 5.74) is -0.462. The van der Waals surface area contributed by atoms with Gasteiger partial charge in [-0.15, -0.1) is 0 Å². The van der Waals surface area contributed by atoms with Crippen LogP contribution < -0.4 is 0 Å². The number of nitrogens with zero attached hydrogens (tertiary/aromatic N) is 1. The zero-order valence-corrected chi connectivity index (χ0v) is 12.4. The van der Waals surface area contributed by atoms with Gasteiger partial charge in [0.1, 0.15) is 11.4 Å². The number of carbonyl (C=O) groups excluding carboxylic acids is 1. The molecule has 0 spiro atoms. The number of halogens is 1. The van der Waals surface area contributed by atoms with Crippen LogP contribution in [-0.2, 0) is 4.79 Å². The lowest BCUT2D eigenvalue weighted by molar-refractivity contribution is -0.148. The number of hydrogen-bond acceptors (Lipinski definition) is 2. The molecule has 1 N–H and O–H groups in total. The first-order valence-corrected chi connectivity index (χ1v) is 7.24. The number of likely N-dealkylation sites (tertiary alicyclic amines) is 1. The van der Waals surface area contributed by atoms with Gasteiger partial charge in [-0.1, -0.05) is 25.0 Å². The second-order valence-corrected chi connectivity index (χ2v) is 5.63. The van der Waals surface area contributed by atoms with Crippen molar-refractivity contribution in [3.8, 4) is 0 Å². The molecule has 0 aromatic heterocycles. The van der Waals surface area contributed by atoms with Gasteiger partial charge >= 0.3 is 5.97 Å². The first-order chi connectivity index (χ1) is 9.92. The number of benzene rings is 1. The third-order valence-electron chi connectivity index (χ3n) is 4.15. The molecule has 1 saturated heterocycles. The largest absolute Gasteiger partial charge is 0.479 e. The molecule has 2 rings (SSSR count). The molecule has 1 amide bonds. The van der Waals surface area contributed by atoms with E-state index in [0.29, 0.717) is 32.2 Å². The lowest BCUT2D eigenvalue weighted by Crippen LogP contribution is -2.53. The van der Waals surface area contributed by atoms with Crippen LogP contribution in [0, 0.1) is 12.7 Å². The SMILES string of the molecule is CCCC1(C(=O)O)CCCN1C(=O)c1cc(C)ccc1F. The molecule has 0 radical (unpaired) electrons. The third-order valence-corrected chi connectivity index (χ3v) is 4.15. The van der Waals surface area contributed by atoms with Gasteiger partial charge in [0.15, 0.2) is 0 Å². The highest BCUT2D eigenvalue weighted by Gasteiger charge is 2.49. The van der Waals surface area contributed by atoms with E-state index < -0.39 is 23.2 Å². The van der Waals surface area contributed by atoms with E-state index in [1.165, 1.54) is 17.0 Å². The maximum absolute atomic E-state index is 13.9. The van der Waals surface area contributed by atoms with Crippen molar-refractivity contribution in [1.82, 2.24) is 4.90 Å². The minimum Gasteiger partial charge on any atom is -0.479 e. The summed E-state index contributed by atoms with van der Waals surface area (Å²) in [6.07, 6.45) is 2.11. The Balaban J connectivity index is 2.41. The molecule has 1 aromatic carbocycles. The molecule has 1 unspecified atom stereocenters. The average molecular weight is 293 g/mol. The van der Waals surface area contributed by atoms with Crippen molar-refractivity contribution in [3.63, 3.8) is 0 Å². The molecule has 1 aliphatic rings. The Morgan fingerprint density at radius 1 is 1.43 bits per heavy atom. The minimum atomic E-state index is -1.19. The fourth-order valence-electron chi connectivity index (χ4n) is 3.13. The van der Waals surface area contributed by atoms with Gasteiger partial charge in [0.2, 0.25) is 0 Å². The molecule has 21 heavy (non-hydrogen) atoms. The molecule has 114 valence electrons. The standard InChI is InChI=1S/C16H20FNO3/c1-3-7-16(15(20)21)8-4-9-18(16)14(19)12-10-11(2)5-6-13(12)17/h5-6,10H,3-4,7-9H2,1-2H3,(H,20,21). The first kappa shape index (κ1) is 15.5. The van der Waals surface area contributed by atoms with Gasteiger partial charge in [0.25, 0.3) is 5.91 Å². The molecule has 0 bridgehead atoms. The normalized spacial score (nSPS) is 21.6. The van der Waals surface area contributed by atoms with Crippen molar-refractivity contribution in [2.75, 3.05) is 6.54 Å². The maximum Gasteiger partial charge on any atom is 0.329 e. The van der Waals surface area contributed by atoms with E-state index in [-0.39, 0.29) is 5.56 Å². The van der Waals surface area contributed by atoms with Gasteiger partial charge in [-0.05, 0) is 38.3 Å². The summed E-state index contributed by atoms with van der Waals surface area (Å²) in [7, 11) is 0. The van der Waals surface area contributed by atoms with Crippen LogP contribution in [0.25, 0.3) is 0 Å². The van der Waals surface area contributed by atoms with Crippen LogP contribution in [0.2, 0.25) is 0 Å². The van der Waals surface area contributed by atoms with E-state index >= 15 is 0 Å². The Labute approximate surface area is 123 Å². The van der Waals surface area contributed by atoms with Gasteiger partial charge in [0.05, 0.1) is 5.56 Å². The highest BCUT2D eigenvalue weighted by atomic mass is 19.1. The van der Waals surface area contributed by atoms with E-state index in [9.17, 15) is 19.1 Å². The average Bonchev–Trinajstić information content (AvgIpc) is 2.86. The summed E-state index contributed by atoms with van der Waals surface area (Å²) < 4.78 is 13.9. The van der Waals surface area contributed by atoms with Crippen LogP contribution in [0.4, 0.5) is 4.39 Å². The highest BCUT2D eigenvalue weighted by Crippen LogP contribution is 2.35. The number of aliphatic carboxylic acids is 1. The molecular formula is C16H20FNO3. The minimum absolute atomic E-state index is 0.0429. The number of carboxylic acid groups (broad SMARTS) is 1. The van der Waals surface area contributed by atoms with Crippen LogP contribution in [0.3, 0.4) is 0 Å². The fourth-order valence-corrected chi connectivity index (χ4v) is 3.13. The maximum atomic E-state index is 13.9. The summed E-state index contributed by atoms with van der Waals surface area (Å²) >= 11 is 0. The molecule has 1 heterocycles. The highest BCUT2D eigenvalue weighted by molar-refractivity contribution is 5.98. The molecule has 5 heteroatoms. The Hall–Kier alpha value is -1.91. The summed E-state index contributed by atoms with van der Waals surface area (Å²) in [6, 6.07) is 4.32. The van der Waals surface area contributed by atoms with Gasteiger partial charge in [-0.2, -0.15) is 0 Å². The van der Waals surface area contributed by atoms with Crippen LogP contribution in [0.5, 0.6) is 0 Å². The number of rotatable bonds is 4. The zero-order chi connectivity index (χ0) is 15.6. The second kappa shape index (κ2) is 5.84. The number of carboxylic acids is 1.